The van der Waals surface area contributed by atoms with Gasteiger partial charge in [0, 0.05) is 12.0 Å². The number of halogens is 1. The first-order chi connectivity index (χ1) is 9.72. The lowest BCUT2D eigenvalue weighted by atomic mass is 10.1. The monoisotopic (exact) mass is 285 g/mol. The van der Waals surface area contributed by atoms with Gasteiger partial charge in [0.2, 0.25) is 0 Å². The number of aromatic nitrogens is 2. The van der Waals surface area contributed by atoms with Crippen LogP contribution in [0.4, 0.5) is 5.69 Å². The maximum atomic E-state index is 5.89. The highest BCUT2D eigenvalue weighted by Crippen LogP contribution is 2.25. The lowest BCUT2D eigenvalue weighted by molar-refractivity contribution is 0.424. The van der Waals surface area contributed by atoms with Crippen LogP contribution in [0.15, 0.2) is 53.1 Å². The quantitative estimate of drug-likeness (QED) is 0.747. The van der Waals surface area contributed by atoms with Gasteiger partial charge in [0.15, 0.2) is 5.82 Å². The van der Waals surface area contributed by atoms with Crippen LogP contribution in [0.3, 0.4) is 0 Å². The summed E-state index contributed by atoms with van der Waals surface area (Å²) in [5.74, 6) is 1.08. The average Bonchev–Trinajstić information content (AvgIpc) is 2.91. The summed E-state index contributed by atoms with van der Waals surface area (Å²) < 4.78 is 5.26. The number of rotatable bonds is 3. The van der Waals surface area contributed by atoms with Crippen LogP contribution < -0.4 is 5.73 Å². The summed E-state index contributed by atoms with van der Waals surface area (Å²) in [5.41, 5.74) is 8.16. The zero-order chi connectivity index (χ0) is 13.9. The molecule has 2 aromatic carbocycles. The van der Waals surface area contributed by atoms with Crippen molar-refractivity contribution in [1.29, 1.82) is 0 Å². The third-order valence-corrected chi connectivity index (χ3v) is 3.26. The third-order valence-electron chi connectivity index (χ3n) is 2.92. The second-order valence-corrected chi connectivity index (χ2v) is 4.82. The number of benzene rings is 2. The SMILES string of the molecule is Nc1cc(-c2nc(Cc3ccccc3)no2)ccc1Cl. The first-order valence-corrected chi connectivity index (χ1v) is 6.52. The highest BCUT2D eigenvalue weighted by Gasteiger charge is 2.10. The smallest absolute Gasteiger partial charge is 0.258 e. The van der Waals surface area contributed by atoms with Gasteiger partial charge in [-0.3, -0.25) is 0 Å². The molecule has 0 fully saturated rings. The molecule has 100 valence electrons. The number of hydrogen-bond acceptors (Lipinski definition) is 4. The van der Waals surface area contributed by atoms with Gasteiger partial charge in [-0.2, -0.15) is 4.98 Å². The molecule has 0 spiro atoms. The molecule has 0 unspecified atom stereocenters. The fourth-order valence-corrected chi connectivity index (χ4v) is 2.02. The van der Waals surface area contributed by atoms with Gasteiger partial charge in [-0.15, -0.1) is 0 Å². The molecule has 4 nitrogen and oxygen atoms in total. The summed E-state index contributed by atoms with van der Waals surface area (Å²) in [5, 5.41) is 4.49. The Balaban J connectivity index is 1.84. The number of nitrogens with two attached hydrogens (primary N) is 1. The van der Waals surface area contributed by atoms with E-state index in [9.17, 15) is 0 Å². The van der Waals surface area contributed by atoms with Crippen LogP contribution in [0, 0.1) is 0 Å². The number of hydrogen-bond donors (Lipinski definition) is 1. The number of anilines is 1. The van der Waals surface area contributed by atoms with Gasteiger partial charge in [-0.05, 0) is 23.8 Å². The summed E-state index contributed by atoms with van der Waals surface area (Å²) in [6.07, 6.45) is 0.632. The van der Waals surface area contributed by atoms with Gasteiger partial charge in [-0.25, -0.2) is 0 Å². The van der Waals surface area contributed by atoms with Gasteiger partial charge < -0.3 is 10.3 Å². The summed E-state index contributed by atoms with van der Waals surface area (Å²) in [6.45, 7) is 0. The zero-order valence-electron chi connectivity index (χ0n) is 10.6. The topological polar surface area (TPSA) is 64.9 Å². The van der Waals surface area contributed by atoms with Gasteiger partial charge in [-0.1, -0.05) is 47.1 Å². The highest BCUT2D eigenvalue weighted by molar-refractivity contribution is 6.33. The van der Waals surface area contributed by atoms with Crippen LogP contribution in [0.1, 0.15) is 11.4 Å². The Labute approximate surface area is 121 Å². The van der Waals surface area contributed by atoms with E-state index in [1.165, 1.54) is 0 Å². The van der Waals surface area contributed by atoms with E-state index in [4.69, 9.17) is 21.9 Å². The maximum absolute atomic E-state index is 5.89. The van der Waals surface area contributed by atoms with Crippen molar-refractivity contribution < 1.29 is 4.52 Å². The van der Waals surface area contributed by atoms with Crippen molar-refractivity contribution in [2.75, 3.05) is 5.73 Å². The minimum absolute atomic E-state index is 0.444. The fraction of sp³-hybridized carbons (Fsp3) is 0.0667. The molecule has 1 aromatic heterocycles. The molecular weight excluding hydrogens is 274 g/mol. The van der Waals surface area contributed by atoms with Crippen molar-refractivity contribution in [3.8, 4) is 11.5 Å². The lowest BCUT2D eigenvalue weighted by Gasteiger charge is -1.99. The van der Waals surface area contributed by atoms with E-state index in [0.29, 0.717) is 28.8 Å². The maximum Gasteiger partial charge on any atom is 0.258 e. The molecule has 0 aliphatic carbocycles. The molecule has 3 aromatic rings. The Morgan fingerprint density at radius 3 is 2.65 bits per heavy atom. The van der Waals surface area contributed by atoms with E-state index >= 15 is 0 Å². The van der Waals surface area contributed by atoms with Crippen molar-refractivity contribution >= 4 is 17.3 Å². The predicted molar refractivity (Wildman–Crippen MR) is 78.4 cm³/mol. The summed E-state index contributed by atoms with van der Waals surface area (Å²) in [4.78, 5) is 4.37. The molecular formula is C15H12ClN3O. The molecule has 1 heterocycles. The Morgan fingerprint density at radius 1 is 1.10 bits per heavy atom. The molecule has 0 atom stereocenters. The van der Waals surface area contributed by atoms with Crippen LogP contribution in [0.25, 0.3) is 11.5 Å². The fourth-order valence-electron chi connectivity index (χ4n) is 1.90. The molecule has 0 bridgehead atoms. The van der Waals surface area contributed by atoms with Crippen LogP contribution in [0.2, 0.25) is 5.02 Å². The molecule has 0 aliphatic rings. The first kappa shape index (κ1) is 12.7. The van der Waals surface area contributed by atoms with E-state index in [0.717, 1.165) is 11.1 Å². The molecule has 0 radical (unpaired) electrons. The second kappa shape index (κ2) is 5.35. The lowest BCUT2D eigenvalue weighted by Crippen LogP contribution is -1.90. The van der Waals surface area contributed by atoms with Crippen molar-refractivity contribution in [3.63, 3.8) is 0 Å². The Morgan fingerprint density at radius 2 is 1.90 bits per heavy atom. The molecule has 0 saturated heterocycles. The van der Waals surface area contributed by atoms with E-state index in [1.54, 1.807) is 18.2 Å². The van der Waals surface area contributed by atoms with Gasteiger partial charge >= 0.3 is 0 Å². The van der Waals surface area contributed by atoms with Gasteiger partial charge in [0.05, 0.1) is 10.7 Å². The average molecular weight is 286 g/mol. The van der Waals surface area contributed by atoms with Crippen LogP contribution in [-0.2, 0) is 6.42 Å². The van der Waals surface area contributed by atoms with Crippen LogP contribution in [-0.4, -0.2) is 10.1 Å². The van der Waals surface area contributed by atoms with Crippen molar-refractivity contribution in [2.45, 2.75) is 6.42 Å². The molecule has 0 amide bonds. The predicted octanol–water partition coefficient (Wildman–Crippen LogP) is 3.56. The minimum Gasteiger partial charge on any atom is -0.398 e. The molecule has 20 heavy (non-hydrogen) atoms. The van der Waals surface area contributed by atoms with E-state index in [1.807, 2.05) is 30.3 Å². The van der Waals surface area contributed by atoms with E-state index in [-0.39, 0.29) is 0 Å². The largest absolute Gasteiger partial charge is 0.398 e. The van der Waals surface area contributed by atoms with Crippen molar-refractivity contribution in [1.82, 2.24) is 10.1 Å². The van der Waals surface area contributed by atoms with Crippen molar-refractivity contribution in [2.24, 2.45) is 0 Å². The summed E-state index contributed by atoms with van der Waals surface area (Å²) >= 11 is 5.89. The highest BCUT2D eigenvalue weighted by atomic mass is 35.5. The molecule has 0 saturated carbocycles. The molecule has 0 aliphatic heterocycles. The molecule has 5 heteroatoms. The zero-order valence-corrected chi connectivity index (χ0v) is 11.3. The summed E-state index contributed by atoms with van der Waals surface area (Å²) in [6, 6.07) is 15.2. The number of nitrogen functional groups attached to an aromatic ring is 1. The van der Waals surface area contributed by atoms with E-state index in [2.05, 4.69) is 10.1 Å². The van der Waals surface area contributed by atoms with Crippen LogP contribution >= 0.6 is 11.6 Å². The Kier molecular flexibility index (Phi) is 3.39. The standard InChI is InChI=1S/C15H12ClN3O/c16-12-7-6-11(9-13(12)17)15-18-14(19-20-15)8-10-4-2-1-3-5-10/h1-7,9H,8,17H2. The number of nitrogens with zero attached hydrogens (tertiary/aromatic N) is 2. The normalized spacial score (nSPS) is 10.7. The molecule has 3 rings (SSSR count). The van der Waals surface area contributed by atoms with E-state index < -0.39 is 0 Å². The Bertz CT molecular complexity index is 725. The molecule has 2 N–H and O–H groups in total. The Hall–Kier alpha value is -2.33. The minimum atomic E-state index is 0.444. The third kappa shape index (κ3) is 2.65. The first-order valence-electron chi connectivity index (χ1n) is 6.14. The van der Waals surface area contributed by atoms with Gasteiger partial charge in [0.25, 0.3) is 5.89 Å². The summed E-state index contributed by atoms with van der Waals surface area (Å²) in [7, 11) is 0. The van der Waals surface area contributed by atoms with Gasteiger partial charge in [0.1, 0.15) is 0 Å². The van der Waals surface area contributed by atoms with Crippen LogP contribution in [0.5, 0.6) is 0 Å². The second-order valence-electron chi connectivity index (χ2n) is 4.41. The van der Waals surface area contributed by atoms with Crippen molar-refractivity contribution in [3.05, 3.63) is 64.9 Å².